The Balaban J connectivity index is 2.39. The van der Waals surface area contributed by atoms with Crippen molar-refractivity contribution >= 4 is 27.5 Å². The highest BCUT2D eigenvalue weighted by atomic mass is 35.5. The predicted molar refractivity (Wildman–Crippen MR) is 86.7 cm³/mol. The van der Waals surface area contributed by atoms with E-state index in [2.05, 4.69) is 0 Å². The van der Waals surface area contributed by atoms with Gasteiger partial charge >= 0.3 is 0 Å². The Bertz CT molecular complexity index is 651. The molecule has 1 fully saturated rings. The van der Waals surface area contributed by atoms with Crippen LogP contribution in [0.2, 0.25) is 5.02 Å². The molecule has 1 aromatic rings. The molecule has 2 rings (SSSR count). The first-order chi connectivity index (χ1) is 10.3. The van der Waals surface area contributed by atoms with E-state index >= 15 is 0 Å². The van der Waals surface area contributed by atoms with Crippen LogP contribution in [-0.4, -0.2) is 50.7 Å². The van der Waals surface area contributed by atoms with Crippen molar-refractivity contribution in [1.29, 1.82) is 0 Å². The predicted octanol–water partition coefficient (Wildman–Crippen LogP) is 2.61. The summed E-state index contributed by atoms with van der Waals surface area (Å²) in [7, 11) is -0.368. The van der Waals surface area contributed by atoms with Gasteiger partial charge in [-0.1, -0.05) is 24.4 Å². The van der Waals surface area contributed by atoms with Crippen LogP contribution in [0.3, 0.4) is 0 Å². The number of amides is 1. The highest BCUT2D eigenvalue weighted by molar-refractivity contribution is 7.89. The minimum absolute atomic E-state index is 0.129. The van der Waals surface area contributed by atoms with Gasteiger partial charge in [-0.3, -0.25) is 4.79 Å². The van der Waals surface area contributed by atoms with Crippen LogP contribution in [0.5, 0.6) is 0 Å². The number of carbonyl (C=O) groups excluding carboxylic acids is 1. The second-order valence-corrected chi connectivity index (χ2v) is 8.00. The van der Waals surface area contributed by atoms with E-state index in [-0.39, 0.29) is 21.4 Å². The molecule has 0 atom stereocenters. The average molecular weight is 345 g/mol. The van der Waals surface area contributed by atoms with Crippen LogP contribution >= 0.6 is 11.6 Å². The van der Waals surface area contributed by atoms with Crippen LogP contribution in [0.4, 0.5) is 0 Å². The monoisotopic (exact) mass is 344 g/mol. The lowest BCUT2D eigenvalue weighted by Gasteiger charge is -2.20. The smallest absolute Gasteiger partial charge is 0.254 e. The molecule has 1 amide bonds. The van der Waals surface area contributed by atoms with Gasteiger partial charge in [0.05, 0.1) is 15.5 Å². The van der Waals surface area contributed by atoms with Crippen LogP contribution < -0.4 is 0 Å². The fraction of sp³-hybridized carbons (Fsp3) is 0.533. The van der Waals surface area contributed by atoms with E-state index in [4.69, 9.17) is 11.6 Å². The van der Waals surface area contributed by atoms with Crippen molar-refractivity contribution < 1.29 is 13.2 Å². The van der Waals surface area contributed by atoms with Crippen molar-refractivity contribution in [3.05, 3.63) is 28.8 Å². The van der Waals surface area contributed by atoms with E-state index in [0.717, 1.165) is 25.7 Å². The van der Waals surface area contributed by atoms with Crippen molar-refractivity contribution in [1.82, 2.24) is 9.21 Å². The summed E-state index contributed by atoms with van der Waals surface area (Å²) in [6.07, 6.45) is 3.85. The molecule has 0 N–H and O–H groups in total. The molecule has 0 aliphatic carbocycles. The zero-order chi connectivity index (χ0) is 16.3. The first-order valence-electron chi connectivity index (χ1n) is 7.35. The first kappa shape index (κ1) is 17.2. The van der Waals surface area contributed by atoms with E-state index in [9.17, 15) is 13.2 Å². The largest absolute Gasteiger partial charge is 0.345 e. The van der Waals surface area contributed by atoms with Crippen molar-refractivity contribution in [2.24, 2.45) is 0 Å². The SMILES string of the molecule is CN(C)C(=O)c1cc(S(=O)(=O)N2CCCCCC2)ccc1Cl. The van der Waals surface area contributed by atoms with E-state index < -0.39 is 10.0 Å². The highest BCUT2D eigenvalue weighted by Gasteiger charge is 2.26. The van der Waals surface area contributed by atoms with Crippen molar-refractivity contribution in [3.63, 3.8) is 0 Å². The van der Waals surface area contributed by atoms with Crippen molar-refractivity contribution in [3.8, 4) is 0 Å². The summed E-state index contributed by atoms with van der Waals surface area (Å²) in [6, 6.07) is 4.32. The lowest BCUT2D eigenvalue weighted by molar-refractivity contribution is 0.0827. The number of nitrogens with zero attached hydrogens (tertiary/aromatic N) is 2. The van der Waals surface area contributed by atoms with E-state index in [1.165, 1.54) is 27.4 Å². The molecular weight excluding hydrogens is 324 g/mol. The number of hydrogen-bond donors (Lipinski definition) is 0. The van der Waals surface area contributed by atoms with Crippen LogP contribution in [0.1, 0.15) is 36.0 Å². The molecule has 122 valence electrons. The van der Waals surface area contributed by atoms with E-state index in [1.54, 1.807) is 14.1 Å². The molecule has 1 saturated heterocycles. The summed E-state index contributed by atoms with van der Waals surface area (Å²) >= 11 is 6.04. The molecular formula is C15H21ClN2O3S. The van der Waals surface area contributed by atoms with Gasteiger partial charge in [0.1, 0.15) is 0 Å². The van der Waals surface area contributed by atoms with Crippen LogP contribution in [0, 0.1) is 0 Å². The zero-order valence-corrected chi connectivity index (χ0v) is 14.5. The lowest BCUT2D eigenvalue weighted by Crippen LogP contribution is -2.32. The van der Waals surface area contributed by atoms with E-state index in [0.29, 0.717) is 13.1 Å². The molecule has 0 bridgehead atoms. The normalized spacial score (nSPS) is 17.0. The Morgan fingerprint density at radius 2 is 1.73 bits per heavy atom. The van der Waals surface area contributed by atoms with Crippen LogP contribution in [0.25, 0.3) is 0 Å². The third-order valence-electron chi connectivity index (χ3n) is 3.78. The quantitative estimate of drug-likeness (QED) is 0.846. The standard InChI is InChI=1S/C15H21ClN2O3S/c1-17(2)15(19)13-11-12(7-8-14(13)16)22(20,21)18-9-5-3-4-6-10-18/h7-8,11H,3-6,9-10H2,1-2H3. The Morgan fingerprint density at radius 3 is 2.27 bits per heavy atom. The highest BCUT2D eigenvalue weighted by Crippen LogP contribution is 2.25. The minimum Gasteiger partial charge on any atom is -0.345 e. The molecule has 1 heterocycles. The van der Waals surface area contributed by atoms with E-state index in [1.807, 2.05) is 0 Å². The van der Waals surface area contributed by atoms with Crippen LogP contribution in [-0.2, 0) is 10.0 Å². The molecule has 5 nitrogen and oxygen atoms in total. The third kappa shape index (κ3) is 3.62. The van der Waals surface area contributed by atoms with Crippen molar-refractivity contribution in [2.75, 3.05) is 27.2 Å². The second-order valence-electron chi connectivity index (χ2n) is 5.66. The van der Waals surface area contributed by atoms with Gasteiger partial charge in [-0.05, 0) is 31.0 Å². The molecule has 1 aliphatic heterocycles. The molecule has 0 spiro atoms. The number of rotatable bonds is 3. The van der Waals surface area contributed by atoms with Gasteiger partial charge in [-0.25, -0.2) is 8.42 Å². The molecule has 22 heavy (non-hydrogen) atoms. The summed E-state index contributed by atoms with van der Waals surface area (Å²) < 4.78 is 27.0. The lowest BCUT2D eigenvalue weighted by atomic mass is 10.2. The maximum absolute atomic E-state index is 12.8. The summed E-state index contributed by atoms with van der Waals surface area (Å²) in [6.45, 7) is 1.06. The summed E-state index contributed by atoms with van der Waals surface area (Å²) in [5.41, 5.74) is 0.211. The fourth-order valence-corrected chi connectivity index (χ4v) is 4.24. The second kappa shape index (κ2) is 6.98. The Kier molecular flexibility index (Phi) is 5.47. The van der Waals surface area contributed by atoms with Gasteiger partial charge in [-0.2, -0.15) is 4.31 Å². The zero-order valence-electron chi connectivity index (χ0n) is 12.9. The molecule has 7 heteroatoms. The number of hydrogen-bond acceptors (Lipinski definition) is 3. The topological polar surface area (TPSA) is 57.7 Å². The number of benzene rings is 1. The van der Waals surface area contributed by atoms with Crippen LogP contribution in [0.15, 0.2) is 23.1 Å². The van der Waals surface area contributed by atoms with Gasteiger partial charge in [0, 0.05) is 27.2 Å². The summed E-state index contributed by atoms with van der Waals surface area (Å²) in [4.78, 5) is 13.6. The van der Waals surface area contributed by atoms with Gasteiger partial charge in [0.2, 0.25) is 10.0 Å². The number of carbonyl (C=O) groups is 1. The number of halogens is 1. The molecule has 1 aliphatic rings. The molecule has 0 radical (unpaired) electrons. The van der Waals surface area contributed by atoms with Gasteiger partial charge in [-0.15, -0.1) is 0 Å². The summed E-state index contributed by atoms with van der Waals surface area (Å²) in [5.74, 6) is -0.307. The Hall–Kier alpha value is -1.11. The molecule has 0 saturated carbocycles. The fourth-order valence-electron chi connectivity index (χ4n) is 2.50. The minimum atomic E-state index is -3.58. The Labute approximate surface area is 136 Å². The van der Waals surface area contributed by atoms with Gasteiger partial charge < -0.3 is 4.90 Å². The number of sulfonamides is 1. The molecule has 0 unspecified atom stereocenters. The molecule has 0 aromatic heterocycles. The van der Waals surface area contributed by atoms with Gasteiger partial charge in [0.25, 0.3) is 5.91 Å². The first-order valence-corrected chi connectivity index (χ1v) is 9.17. The summed E-state index contributed by atoms with van der Waals surface area (Å²) in [5, 5.41) is 0.258. The maximum Gasteiger partial charge on any atom is 0.254 e. The van der Waals surface area contributed by atoms with Gasteiger partial charge in [0.15, 0.2) is 0 Å². The maximum atomic E-state index is 12.8. The Morgan fingerprint density at radius 1 is 1.14 bits per heavy atom. The molecule has 1 aromatic carbocycles. The average Bonchev–Trinajstić information content (AvgIpc) is 2.76. The third-order valence-corrected chi connectivity index (χ3v) is 6.00. The van der Waals surface area contributed by atoms with Crippen molar-refractivity contribution in [2.45, 2.75) is 30.6 Å².